The van der Waals surface area contributed by atoms with Crippen LogP contribution in [0.1, 0.15) is 56.1 Å². The fraction of sp³-hybridized carbons (Fsp3) is 0.571. The molecule has 1 aromatic carbocycles. The number of carbonyl (C=O) groups excluding carboxylic acids is 1. The predicted molar refractivity (Wildman–Crippen MR) is 93.9 cm³/mol. The van der Waals surface area contributed by atoms with Gasteiger partial charge in [-0.05, 0) is 73.1 Å². The molecule has 2 heteroatoms. The number of hydrogen-bond donors (Lipinski definition) is 0. The molecule has 3 aliphatic carbocycles. The molecule has 0 aromatic heterocycles. The molecule has 0 N–H and O–H groups in total. The van der Waals surface area contributed by atoms with Gasteiger partial charge < -0.3 is 4.74 Å². The van der Waals surface area contributed by atoms with Crippen molar-refractivity contribution in [2.75, 3.05) is 7.11 Å². The third-order valence-electron chi connectivity index (χ3n) is 6.64. The maximum Gasteiger partial charge on any atom is 0.139 e. The van der Waals surface area contributed by atoms with Gasteiger partial charge in [0.1, 0.15) is 11.5 Å². The molecule has 1 aromatic rings. The Morgan fingerprint density at radius 3 is 2.70 bits per heavy atom. The molecule has 0 unspecified atom stereocenters. The summed E-state index contributed by atoms with van der Waals surface area (Å²) in [6.07, 6.45) is 6.61. The second kappa shape index (κ2) is 6.14. The number of benzene rings is 1. The summed E-state index contributed by atoms with van der Waals surface area (Å²) in [4.78, 5) is 12.3. The molecule has 2 saturated carbocycles. The number of methoxy groups -OCH3 is 1. The second-order valence-electron chi connectivity index (χ2n) is 7.40. The van der Waals surface area contributed by atoms with Crippen LogP contribution in [0.2, 0.25) is 0 Å². The molecule has 0 bridgehead atoms. The van der Waals surface area contributed by atoms with E-state index in [-0.39, 0.29) is 5.41 Å². The minimum Gasteiger partial charge on any atom is -0.497 e. The molecular weight excluding hydrogens is 284 g/mol. The van der Waals surface area contributed by atoms with Crippen molar-refractivity contribution in [3.63, 3.8) is 0 Å². The summed E-state index contributed by atoms with van der Waals surface area (Å²) < 4.78 is 5.37. The van der Waals surface area contributed by atoms with Crippen LogP contribution in [0.5, 0.6) is 5.75 Å². The molecule has 4 rings (SSSR count). The lowest BCUT2D eigenvalue weighted by molar-refractivity contribution is -0.129. The Morgan fingerprint density at radius 1 is 1.17 bits per heavy atom. The minimum atomic E-state index is -0.00879. The average molecular weight is 312 g/mol. The lowest BCUT2D eigenvalue weighted by atomic mass is 9.55. The van der Waals surface area contributed by atoms with Crippen LogP contribution in [0.15, 0.2) is 31.4 Å². The zero-order chi connectivity index (χ0) is 16.6. The van der Waals surface area contributed by atoms with Gasteiger partial charge in [0, 0.05) is 11.8 Å². The van der Waals surface area contributed by atoms with E-state index in [0.29, 0.717) is 17.6 Å². The SMILES string of the molecule is C=C.COc1ccc2c(c1)CC[C@@H]1[C@@H]2CC[C@]2(C)C(=O)CC[C@@H]12. The van der Waals surface area contributed by atoms with Gasteiger partial charge in [0.25, 0.3) is 0 Å². The molecule has 4 atom stereocenters. The quantitative estimate of drug-likeness (QED) is 0.688. The highest BCUT2D eigenvalue weighted by atomic mass is 16.5. The van der Waals surface area contributed by atoms with Crippen LogP contribution in [0.4, 0.5) is 0 Å². The van der Waals surface area contributed by atoms with Crippen LogP contribution in [-0.4, -0.2) is 12.9 Å². The van der Waals surface area contributed by atoms with Crippen LogP contribution < -0.4 is 4.74 Å². The molecule has 2 fully saturated rings. The monoisotopic (exact) mass is 312 g/mol. The largest absolute Gasteiger partial charge is 0.497 e. The molecule has 0 heterocycles. The van der Waals surface area contributed by atoms with E-state index in [2.05, 4.69) is 38.3 Å². The number of ether oxygens (including phenoxy) is 1. The molecule has 3 aliphatic rings. The molecule has 2 nitrogen and oxygen atoms in total. The second-order valence-corrected chi connectivity index (χ2v) is 7.40. The number of aryl methyl sites for hydroxylation is 1. The first-order valence-electron chi connectivity index (χ1n) is 8.83. The summed E-state index contributed by atoms with van der Waals surface area (Å²) in [5.74, 6) is 3.52. The summed E-state index contributed by atoms with van der Waals surface area (Å²) in [6.45, 7) is 8.24. The fourth-order valence-electron chi connectivity index (χ4n) is 5.46. The third-order valence-corrected chi connectivity index (χ3v) is 6.64. The van der Waals surface area contributed by atoms with Crippen molar-refractivity contribution in [3.8, 4) is 5.75 Å². The predicted octanol–water partition coefficient (Wildman–Crippen LogP) is 4.92. The Hall–Kier alpha value is -1.57. The van der Waals surface area contributed by atoms with Gasteiger partial charge in [-0.25, -0.2) is 0 Å². The molecule has 0 saturated heterocycles. The number of rotatable bonds is 1. The molecule has 0 spiro atoms. The van der Waals surface area contributed by atoms with E-state index < -0.39 is 0 Å². The van der Waals surface area contributed by atoms with Crippen molar-refractivity contribution < 1.29 is 9.53 Å². The van der Waals surface area contributed by atoms with Crippen LogP contribution in [0.3, 0.4) is 0 Å². The van der Waals surface area contributed by atoms with Gasteiger partial charge in [-0.15, -0.1) is 13.2 Å². The molecule has 23 heavy (non-hydrogen) atoms. The van der Waals surface area contributed by atoms with Gasteiger partial charge in [-0.2, -0.15) is 0 Å². The normalized spacial score (nSPS) is 34.5. The van der Waals surface area contributed by atoms with Crippen molar-refractivity contribution in [2.24, 2.45) is 17.3 Å². The summed E-state index contributed by atoms with van der Waals surface area (Å²) in [7, 11) is 1.74. The first kappa shape index (κ1) is 16.3. The van der Waals surface area contributed by atoms with Gasteiger partial charge in [0.05, 0.1) is 7.11 Å². The van der Waals surface area contributed by atoms with Gasteiger partial charge in [0.15, 0.2) is 0 Å². The van der Waals surface area contributed by atoms with E-state index in [9.17, 15) is 4.79 Å². The standard InChI is InChI=1S/C19H24O2.C2H4/c1-19-10-9-15-14-6-4-13(21-2)11-12(14)3-5-16(15)17(19)7-8-18(19)20;1-2/h4,6,11,15-17H,3,5,7-10H2,1-2H3;1-2H2/t15-,16-,17+,19+;/m1./s1. The summed E-state index contributed by atoms with van der Waals surface area (Å²) >= 11 is 0. The fourth-order valence-corrected chi connectivity index (χ4v) is 5.46. The number of hydrogen-bond acceptors (Lipinski definition) is 2. The molecule has 124 valence electrons. The zero-order valence-corrected chi connectivity index (χ0v) is 14.4. The van der Waals surface area contributed by atoms with E-state index in [1.807, 2.05) is 0 Å². The van der Waals surface area contributed by atoms with Crippen LogP contribution in [-0.2, 0) is 11.2 Å². The third kappa shape index (κ3) is 2.43. The van der Waals surface area contributed by atoms with Crippen molar-refractivity contribution in [1.29, 1.82) is 0 Å². The molecule has 0 radical (unpaired) electrons. The summed E-state index contributed by atoms with van der Waals surface area (Å²) in [6, 6.07) is 6.61. The highest BCUT2D eigenvalue weighted by Gasteiger charge is 2.54. The van der Waals surface area contributed by atoms with E-state index in [1.54, 1.807) is 7.11 Å². The summed E-state index contributed by atoms with van der Waals surface area (Å²) in [5.41, 5.74) is 3.00. The van der Waals surface area contributed by atoms with Crippen LogP contribution in [0, 0.1) is 17.3 Å². The minimum absolute atomic E-state index is 0.00879. The molecule has 0 aliphatic heterocycles. The first-order chi connectivity index (χ1) is 11.1. The Balaban J connectivity index is 0.000000753. The van der Waals surface area contributed by atoms with Gasteiger partial charge in [-0.1, -0.05) is 13.0 Å². The zero-order valence-electron chi connectivity index (χ0n) is 14.4. The lowest BCUT2D eigenvalue weighted by Gasteiger charge is -2.48. The van der Waals surface area contributed by atoms with Crippen molar-refractivity contribution in [2.45, 2.75) is 51.4 Å². The summed E-state index contributed by atoms with van der Waals surface area (Å²) in [5, 5.41) is 0. The number of fused-ring (bicyclic) bond motifs is 5. The maximum atomic E-state index is 12.3. The Bertz CT molecular complexity index is 606. The highest BCUT2D eigenvalue weighted by Crippen LogP contribution is 2.59. The van der Waals surface area contributed by atoms with Crippen molar-refractivity contribution in [1.82, 2.24) is 0 Å². The molecule has 0 amide bonds. The number of ketones is 1. The van der Waals surface area contributed by atoms with E-state index in [1.165, 1.54) is 24.0 Å². The highest BCUT2D eigenvalue weighted by molar-refractivity contribution is 5.87. The van der Waals surface area contributed by atoms with Gasteiger partial charge >= 0.3 is 0 Å². The number of carbonyl (C=O) groups is 1. The topological polar surface area (TPSA) is 26.3 Å². The van der Waals surface area contributed by atoms with E-state index in [0.717, 1.165) is 37.4 Å². The lowest BCUT2D eigenvalue weighted by Crippen LogP contribution is -2.42. The van der Waals surface area contributed by atoms with E-state index in [4.69, 9.17) is 4.74 Å². The van der Waals surface area contributed by atoms with Crippen molar-refractivity contribution >= 4 is 5.78 Å². The van der Waals surface area contributed by atoms with Gasteiger partial charge in [0.2, 0.25) is 0 Å². The molecular formula is C21H28O2. The Kier molecular flexibility index (Phi) is 4.35. The van der Waals surface area contributed by atoms with Crippen molar-refractivity contribution in [3.05, 3.63) is 42.5 Å². The smallest absolute Gasteiger partial charge is 0.139 e. The van der Waals surface area contributed by atoms with Crippen LogP contribution >= 0.6 is 0 Å². The Morgan fingerprint density at radius 2 is 1.96 bits per heavy atom. The first-order valence-corrected chi connectivity index (χ1v) is 8.83. The Labute approximate surface area is 139 Å². The number of Topliss-reactive ketones (excluding diaryl/α,β-unsaturated/α-hetero) is 1. The average Bonchev–Trinajstić information content (AvgIpc) is 2.91. The van der Waals surface area contributed by atoms with Crippen LogP contribution in [0.25, 0.3) is 0 Å². The van der Waals surface area contributed by atoms with E-state index >= 15 is 0 Å². The van der Waals surface area contributed by atoms with Gasteiger partial charge in [-0.3, -0.25) is 4.79 Å². The maximum absolute atomic E-state index is 12.3.